The molecule has 0 spiro atoms. The molecule has 0 bridgehead atoms. The van der Waals surface area contributed by atoms with Crippen LogP contribution < -0.4 is 10.1 Å². The molecule has 0 saturated heterocycles. The molecule has 1 aliphatic rings. The van der Waals surface area contributed by atoms with Gasteiger partial charge in [-0.25, -0.2) is 4.98 Å². The first-order valence-corrected chi connectivity index (χ1v) is 5.98. The van der Waals surface area contributed by atoms with Gasteiger partial charge in [0, 0.05) is 6.54 Å². The number of aliphatic hydroxyl groups is 1. The average Bonchev–Trinajstić information content (AvgIpc) is 3.11. The Morgan fingerprint density at radius 1 is 1.69 bits per heavy atom. The highest BCUT2D eigenvalue weighted by Crippen LogP contribution is 2.32. The Kier molecular flexibility index (Phi) is 3.60. The second kappa shape index (κ2) is 4.97. The largest absolute Gasteiger partial charge is 0.480 e. The summed E-state index contributed by atoms with van der Waals surface area (Å²) in [5.74, 6) is 1.41. The van der Waals surface area contributed by atoms with Gasteiger partial charge in [0.25, 0.3) is 0 Å². The van der Waals surface area contributed by atoms with E-state index in [2.05, 4.69) is 31.2 Å². The van der Waals surface area contributed by atoms with Crippen LogP contribution in [-0.2, 0) is 0 Å². The molecule has 88 valence electrons. The maximum absolute atomic E-state index is 9.67. The van der Waals surface area contributed by atoms with Crippen LogP contribution in [0.25, 0.3) is 0 Å². The maximum Gasteiger partial charge on any atom is 0.232 e. The first kappa shape index (κ1) is 11.6. The third kappa shape index (κ3) is 2.82. The smallest absolute Gasteiger partial charge is 0.232 e. The molecule has 1 unspecified atom stereocenters. The van der Waals surface area contributed by atoms with Crippen LogP contribution in [0.15, 0.2) is 10.7 Å². The summed E-state index contributed by atoms with van der Waals surface area (Å²) in [5, 5.41) is 12.7. The van der Waals surface area contributed by atoms with Crippen molar-refractivity contribution in [3.8, 4) is 5.88 Å². The number of ether oxygens (including phenoxy) is 1. The quantitative estimate of drug-likeness (QED) is 0.858. The fraction of sp³-hybridized carbons (Fsp3) is 0.600. The normalized spacial score (nSPS) is 16.9. The first-order chi connectivity index (χ1) is 7.70. The molecule has 16 heavy (non-hydrogen) atoms. The molecule has 1 aliphatic carbocycles. The van der Waals surface area contributed by atoms with Crippen LogP contribution in [0, 0.1) is 5.92 Å². The van der Waals surface area contributed by atoms with Crippen molar-refractivity contribution >= 4 is 21.9 Å². The minimum Gasteiger partial charge on any atom is -0.480 e. The predicted molar refractivity (Wildman–Crippen MR) is 63.5 cm³/mol. The van der Waals surface area contributed by atoms with E-state index in [9.17, 15) is 5.11 Å². The van der Waals surface area contributed by atoms with Crippen LogP contribution in [0.1, 0.15) is 12.8 Å². The van der Waals surface area contributed by atoms with E-state index in [4.69, 9.17) is 4.74 Å². The highest BCUT2D eigenvalue weighted by molar-refractivity contribution is 9.10. The molecule has 1 saturated carbocycles. The number of hydrogen-bond acceptors (Lipinski definition) is 5. The summed E-state index contributed by atoms with van der Waals surface area (Å²) < 4.78 is 5.76. The molecule has 0 aliphatic heterocycles. The van der Waals surface area contributed by atoms with E-state index in [1.54, 1.807) is 13.3 Å². The molecule has 2 rings (SSSR count). The highest BCUT2D eigenvalue weighted by atomic mass is 79.9. The van der Waals surface area contributed by atoms with E-state index in [0.717, 1.165) is 12.8 Å². The van der Waals surface area contributed by atoms with E-state index in [1.807, 2.05) is 0 Å². The van der Waals surface area contributed by atoms with Crippen LogP contribution in [0.4, 0.5) is 5.95 Å². The molecule has 5 nitrogen and oxygen atoms in total. The zero-order valence-electron chi connectivity index (χ0n) is 8.98. The minimum atomic E-state index is -0.307. The van der Waals surface area contributed by atoms with E-state index < -0.39 is 0 Å². The second-order valence-electron chi connectivity index (χ2n) is 3.84. The fourth-order valence-corrected chi connectivity index (χ4v) is 1.78. The number of methoxy groups -OCH3 is 1. The molecule has 0 amide bonds. The Hall–Kier alpha value is -0.880. The standard InChI is InChI=1S/C10H14BrN3O2/c1-16-9-7(11)4-12-10(14-9)13-5-8(15)6-2-3-6/h4,6,8,15H,2-3,5H2,1H3,(H,12,13,14). The zero-order chi connectivity index (χ0) is 11.5. The maximum atomic E-state index is 9.67. The van der Waals surface area contributed by atoms with Crippen LogP contribution in [-0.4, -0.2) is 34.8 Å². The van der Waals surface area contributed by atoms with Crippen LogP contribution in [0.3, 0.4) is 0 Å². The lowest BCUT2D eigenvalue weighted by Gasteiger charge is -2.11. The van der Waals surface area contributed by atoms with Crippen molar-refractivity contribution in [2.75, 3.05) is 19.0 Å². The van der Waals surface area contributed by atoms with Gasteiger partial charge in [0.15, 0.2) is 0 Å². The van der Waals surface area contributed by atoms with Crippen LogP contribution in [0.2, 0.25) is 0 Å². The number of nitrogens with one attached hydrogen (secondary N) is 1. The molecule has 1 aromatic rings. The van der Waals surface area contributed by atoms with Crippen molar-refractivity contribution in [2.45, 2.75) is 18.9 Å². The van der Waals surface area contributed by atoms with Gasteiger partial charge in [-0.3, -0.25) is 0 Å². The molecule has 1 fully saturated rings. The molecule has 2 N–H and O–H groups in total. The summed E-state index contributed by atoms with van der Waals surface area (Å²) >= 11 is 3.28. The molecular formula is C10H14BrN3O2. The molecule has 0 radical (unpaired) electrons. The topological polar surface area (TPSA) is 67.3 Å². The number of aromatic nitrogens is 2. The average molecular weight is 288 g/mol. The zero-order valence-corrected chi connectivity index (χ0v) is 10.6. The fourth-order valence-electron chi connectivity index (χ4n) is 1.42. The Morgan fingerprint density at radius 3 is 3.06 bits per heavy atom. The van der Waals surface area contributed by atoms with Crippen molar-refractivity contribution in [2.24, 2.45) is 5.92 Å². The number of nitrogens with zero attached hydrogens (tertiary/aromatic N) is 2. The van der Waals surface area contributed by atoms with Gasteiger partial charge in [-0.05, 0) is 34.7 Å². The number of anilines is 1. The molecule has 0 aromatic carbocycles. The van der Waals surface area contributed by atoms with E-state index in [0.29, 0.717) is 28.8 Å². The molecule has 1 heterocycles. The lowest BCUT2D eigenvalue weighted by Crippen LogP contribution is -2.22. The Bertz CT molecular complexity index is 371. The Balaban J connectivity index is 1.93. The van der Waals surface area contributed by atoms with Crippen molar-refractivity contribution in [3.63, 3.8) is 0 Å². The van der Waals surface area contributed by atoms with Crippen LogP contribution in [0.5, 0.6) is 5.88 Å². The van der Waals surface area contributed by atoms with E-state index in [1.165, 1.54) is 0 Å². The van der Waals surface area contributed by atoms with E-state index >= 15 is 0 Å². The van der Waals surface area contributed by atoms with Crippen LogP contribution >= 0.6 is 15.9 Å². The number of rotatable bonds is 5. The van der Waals surface area contributed by atoms with Gasteiger partial charge in [0.05, 0.1) is 23.9 Å². The summed E-state index contributed by atoms with van der Waals surface area (Å²) in [6.45, 7) is 0.482. The SMILES string of the molecule is COc1nc(NCC(O)C2CC2)ncc1Br. The summed E-state index contributed by atoms with van der Waals surface area (Å²) in [4.78, 5) is 8.22. The summed E-state index contributed by atoms with van der Waals surface area (Å²) in [6, 6.07) is 0. The van der Waals surface area contributed by atoms with Crippen molar-refractivity contribution in [1.82, 2.24) is 9.97 Å². The Morgan fingerprint density at radius 2 is 2.44 bits per heavy atom. The lowest BCUT2D eigenvalue weighted by molar-refractivity contribution is 0.164. The predicted octanol–water partition coefficient (Wildman–Crippen LogP) is 1.43. The van der Waals surface area contributed by atoms with Crippen molar-refractivity contribution in [3.05, 3.63) is 10.7 Å². The van der Waals surface area contributed by atoms with Gasteiger partial charge in [-0.15, -0.1) is 0 Å². The summed E-state index contributed by atoms with van der Waals surface area (Å²) in [7, 11) is 1.55. The lowest BCUT2D eigenvalue weighted by atomic mass is 10.2. The van der Waals surface area contributed by atoms with Crippen molar-refractivity contribution < 1.29 is 9.84 Å². The third-order valence-corrected chi connectivity index (χ3v) is 3.08. The monoisotopic (exact) mass is 287 g/mol. The van der Waals surface area contributed by atoms with Gasteiger partial charge in [-0.1, -0.05) is 0 Å². The molecule has 6 heteroatoms. The van der Waals surface area contributed by atoms with Gasteiger partial charge >= 0.3 is 0 Å². The number of halogens is 1. The Labute approximate surface area is 102 Å². The van der Waals surface area contributed by atoms with Gasteiger partial charge in [0.1, 0.15) is 0 Å². The number of hydrogen-bond donors (Lipinski definition) is 2. The van der Waals surface area contributed by atoms with Crippen molar-refractivity contribution in [1.29, 1.82) is 0 Å². The van der Waals surface area contributed by atoms with E-state index in [-0.39, 0.29) is 6.10 Å². The minimum absolute atomic E-state index is 0.307. The molecule has 1 atom stereocenters. The molecule has 1 aromatic heterocycles. The van der Waals surface area contributed by atoms with Gasteiger partial charge < -0.3 is 15.2 Å². The van der Waals surface area contributed by atoms with Gasteiger partial charge in [0.2, 0.25) is 11.8 Å². The highest BCUT2D eigenvalue weighted by Gasteiger charge is 2.29. The third-order valence-electron chi connectivity index (χ3n) is 2.54. The number of aliphatic hydroxyl groups excluding tert-OH is 1. The molecular weight excluding hydrogens is 274 g/mol. The summed E-state index contributed by atoms with van der Waals surface area (Å²) in [5.41, 5.74) is 0. The van der Waals surface area contributed by atoms with Gasteiger partial charge in [-0.2, -0.15) is 4.98 Å². The first-order valence-electron chi connectivity index (χ1n) is 5.19. The second-order valence-corrected chi connectivity index (χ2v) is 4.69. The summed E-state index contributed by atoms with van der Waals surface area (Å²) in [6.07, 6.45) is 3.55.